The topological polar surface area (TPSA) is 12.0 Å². The van der Waals surface area contributed by atoms with Crippen LogP contribution in [-0.2, 0) is 6.42 Å². The molecule has 1 aliphatic heterocycles. The molecular formula is C16H23ClFNS. The van der Waals surface area contributed by atoms with Crippen LogP contribution in [0.4, 0.5) is 4.39 Å². The molecule has 1 aromatic carbocycles. The van der Waals surface area contributed by atoms with Crippen molar-refractivity contribution < 1.29 is 4.39 Å². The summed E-state index contributed by atoms with van der Waals surface area (Å²) in [7, 11) is 0. The van der Waals surface area contributed by atoms with Crippen LogP contribution in [0.3, 0.4) is 0 Å². The minimum atomic E-state index is -0.338. The summed E-state index contributed by atoms with van der Waals surface area (Å²) >= 11 is 7.96. The first-order valence-electron chi connectivity index (χ1n) is 7.36. The van der Waals surface area contributed by atoms with Gasteiger partial charge in [0.25, 0.3) is 0 Å². The van der Waals surface area contributed by atoms with Crippen LogP contribution in [0.1, 0.15) is 38.7 Å². The molecule has 1 fully saturated rings. The molecule has 2 unspecified atom stereocenters. The molecule has 0 saturated carbocycles. The van der Waals surface area contributed by atoms with Crippen molar-refractivity contribution in [2.75, 3.05) is 12.3 Å². The average molecular weight is 316 g/mol. The largest absolute Gasteiger partial charge is 0.312 e. The standard InChI is InChI=1S/C16H23ClFNS/c1-3-8-19-15(16(2)7-4-9-20-16)11-12-5-6-14(18)13(17)10-12/h5-6,10,15,19H,3-4,7-9,11H2,1-2H3. The van der Waals surface area contributed by atoms with Gasteiger partial charge in [-0.15, -0.1) is 0 Å². The van der Waals surface area contributed by atoms with Gasteiger partial charge in [-0.3, -0.25) is 0 Å². The lowest BCUT2D eigenvalue weighted by Gasteiger charge is -2.34. The van der Waals surface area contributed by atoms with Crippen molar-refractivity contribution in [2.24, 2.45) is 0 Å². The quantitative estimate of drug-likeness (QED) is 0.818. The molecule has 1 N–H and O–H groups in total. The summed E-state index contributed by atoms with van der Waals surface area (Å²) in [4.78, 5) is 0. The van der Waals surface area contributed by atoms with Crippen LogP contribution in [0.2, 0.25) is 5.02 Å². The summed E-state index contributed by atoms with van der Waals surface area (Å²) in [6, 6.07) is 5.50. The molecule has 0 bridgehead atoms. The Balaban J connectivity index is 2.12. The number of hydrogen-bond donors (Lipinski definition) is 1. The second-order valence-electron chi connectivity index (χ2n) is 5.72. The van der Waals surface area contributed by atoms with E-state index in [0.717, 1.165) is 24.9 Å². The summed E-state index contributed by atoms with van der Waals surface area (Å²) in [5.41, 5.74) is 1.11. The van der Waals surface area contributed by atoms with Crippen molar-refractivity contribution in [3.63, 3.8) is 0 Å². The number of hydrogen-bond acceptors (Lipinski definition) is 2. The van der Waals surface area contributed by atoms with E-state index in [1.54, 1.807) is 6.07 Å². The first-order chi connectivity index (χ1) is 9.55. The first kappa shape index (κ1) is 16.1. The minimum Gasteiger partial charge on any atom is -0.312 e. The van der Waals surface area contributed by atoms with Gasteiger partial charge >= 0.3 is 0 Å². The molecule has 1 aromatic rings. The SMILES string of the molecule is CCCNC(Cc1ccc(F)c(Cl)c1)C1(C)CCCS1. The van der Waals surface area contributed by atoms with Crippen LogP contribution in [-0.4, -0.2) is 23.1 Å². The lowest BCUT2D eigenvalue weighted by atomic mass is 9.90. The third-order valence-electron chi connectivity index (χ3n) is 4.05. The van der Waals surface area contributed by atoms with Crippen LogP contribution < -0.4 is 5.32 Å². The van der Waals surface area contributed by atoms with Gasteiger partial charge in [0.15, 0.2) is 0 Å². The Morgan fingerprint density at radius 1 is 1.50 bits per heavy atom. The molecule has 4 heteroatoms. The maximum atomic E-state index is 13.3. The fourth-order valence-corrected chi connectivity index (χ4v) is 4.41. The van der Waals surface area contributed by atoms with Gasteiger partial charge in [-0.05, 0) is 62.6 Å². The molecule has 1 aliphatic rings. The molecule has 0 aromatic heterocycles. The highest BCUT2D eigenvalue weighted by Gasteiger charge is 2.37. The van der Waals surface area contributed by atoms with Gasteiger partial charge in [-0.2, -0.15) is 11.8 Å². The van der Waals surface area contributed by atoms with E-state index in [2.05, 4.69) is 30.9 Å². The lowest BCUT2D eigenvalue weighted by Crippen LogP contribution is -2.47. The monoisotopic (exact) mass is 315 g/mol. The van der Waals surface area contributed by atoms with Gasteiger partial charge in [0.05, 0.1) is 5.02 Å². The summed E-state index contributed by atoms with van der Waals surface area (Å²) in [5, 5.41) is 3.90. The first-order valence-corrected chi connectivity index (χ1v) is 8.73. The molecule has 0 radical (unpaired) electrons. The smallest absolute Gasteiger partial charge is 0.141 e. The van der Waals surface area contributed by atoms with Crippen molar-refractivity contribution in [3.8, 4) is 0 Å². The van der Waals surface area contributed by atoms with Gasteiger partial charge < -0.3 is 5.32 Å². The van der Waals surface area contributed by atoms with E-state index >= 15 is 0 Å². The predicted octanol–water partition coefficient (Wildman–Crippen LogP) is 4.68. The van der Waals surface area contributed by atoms with E-state index < -0.39 is 0 Å². The minimum absolute atomic E-state index is 0.223. The second kappa shape index (κ2) is 7.15. The third-order valence-corrected chi connectivity index (χ3v) is 5.98. The van der Waals surface area contributed by atoms with Gasteiger partial charge in [-0.25, -0.2) is 4.39 Å². The van der Waals surface area contributed by atoms with Crippen molar-refractivity contribution in [2.45, 2.75) is 50.3 Å². The molecule has 2 rings (SSSR count). The zero-order chi connectivity index (χ0) is 14.6. The molecule has 0 amide bonds. The number of rotatable bonds is 6. The Morgan fingerprint density at radius 2 is 2.30 bits per heavy atom. The van der Waals surface area contributed by atoms with Crippen molar-refractivity contribution in [1.29, 1.82) is 0 Å². The Hall–Kier alpha value is -0.250. The summed E-state index contributed by atoms with van der Waals surface area (Å²) in [6.45, 7) is 5.56. The summed E-state index contributed by atoms with van der Waals surface area (Å²) < 4.78 is 13.5. The van der Waals surface area contributed by atoms with E-state index in [9.17, 15) is 4.39 Å². The zero-order valence-electron chi connectivity index (χ0n) is 12.2. The lowest BCUT2D eigenvalue weighted by molar-refractivity contribution is 0.399. The fraction of sp³-hybridized carbons (Fsp3) is 0.625. The number of benzene rings is 1. The highest BCUT2D eigenvalue weighted by molar-refractivity contribution is 8.00. The third kappa shape index (κ3) is 3.90. The van der Waals surface area contributed by atoms with Gasteiger partial charge in [-0.1, -0.05) is 24.6 Å². The molecule has 2 atom stereocenters. The summed E-state index contributed by atoms with van der Waals surface area (Å²) in [6.07, 6.45) is 4.56. The highest BCUT2D eigenvalue weighted by Crippen LogP contribution is 2.41. The molecule has 1 nitrogen and oxygen atoms in total. The van der Waals surface area contributed by atoms with Crippen LogP contribution in [0.25, 0.3) is 0 Å². The maximum Gasteiger partial charge on any atom is 0.141 e. The predicted molar refractivity (Wildman–Crippen MR) is 87.3 cm³/mol. The Morgan fingerprint density at radius 3 is 2.90 bits per heavy atom. The van der Waals surface area contributed by atoms with Crippen LogP contribution >= 0.6 is 23.4 Å². The molecule has 0 aliphatic carbocycles. The van der Waals surface area contributed by atoms with Crippen LogP contribution in [0, 0.1) is 5.82 Å². The van der Waals surface area contributed by atoms with Crippen LogP contribution in [0.15, 0.2) is 18.2 Å². The Bertz CT molecular complexity index is 446. The Labute approximate surface area is 130 Å². The maximum absolute atomic E-state index is 13.3. The molecule has 1 saturated heterocycles. The van der Waals surface area contributed by atoms with Crippen LogP contribution in [0.5, 0.6) is 0 Å². The Kier molecular flexibility index (Phi) is 5.76. The molecule has 0 spiro atoms. The fourth-order valence-electron chi connectivity index (χ4n) is 2.80. The van der Waals surface area contributed by atoms with E-state index in [1.165, 1.54) is 24.7 Å². The van der Waals surface area contributed by atoms with E-state index in [1.807, 2.05) is 6.07 Å². The second-order valence-corrected chi connectivity index (χ2v) is 7.76. The van der Waals surface area contributed by atoms with E-state index in [0.29, 0.717) is 6.04 Å². The van der Waals surface area contributed by atoms with Crippen molar-refractivity contribution in [3.05, 3.63) is 34.6 Å². The van der Waals surface area contributed by atoms with Gasteiger partial charge in [0, 0.05) is 10.8 Å². The number of nitrogens with one attached hydrogen (secondary N) is 1. The number of halogens is 2. The molecule has 112 valence electrons. The van der Waals surface area contributed by atoms with Gasteiger partial charge in [0.1, 0.15) is 5.82 Å². The van der Waals surface area contributed by atoms with Crippen molar-refractivity contribution in [1.82, 2.24) is 5.32 Å². The van der Waals surface area contributed by atoms with E-state index in [-0.39, 0.29) is 15.6 Å². The zero-order valence-corrected chi connectivity index (χ0v) is 13.8. The number of thioether (sulfide) groups is 1. The normalized spacial score (nSPS) is 24.0. The highest BCUT2D eigenvalue weighted by atomic mass is 35.5. The molecular weight excluding hydrogens is 293 g/mol. The van der Waals surface area contributed by atoms with Crippen molar-refractivity contribution >= 4 is 23.4 Å². The summed E-state index contributed by atoms with van der Waals surface area (Å²) in [5.74, 6) is 0.903. The average Bonchev–Trinajstić information content (AvgIpc) is 2.86. The molecule has 1 heterocycles. The van der Waals surface area contributed by atoms with E-state index in [4.69, 9.17) is 11.6 Å². The van der Waals surface area contributed by atoms with Gasteiger partial charge in [0.2, 0.25) is 0 Å². The molecule has 20 heavy (non-hydrogen) atoms.